The second-order valence-corrected chi connectivity index (χ2v) is 18.7. The van der Waals surface area contributed by atoms with Crippen LogP contribution in [0.5, 0.6) is 0 Å². The molecule has 70 heavy (non-hydrogen) atoms. The fourth-order valence-electron chi connectivity index (χ4n) is 12.4. The van der Waals surface area contributed by atoms with E-state index >= 15 is 0 Å². The van der Waals surface area contributed by atoms with E-state index in [4.69, 9.17) is 4.42 Å². The Morgan fingerprint density at radius 3 is 1.64 bits per heavy atom. The van der Waals surface area contributed by atoms with E-state index in [9.17, 15) is 0 Å². The molecule has 13 aromatic rings. The highest BCUT2D eigenvalue weighted by Gasteiger charge is 2.52. The van der Waals surface area contributed by atoms with Crippen molar-refractivity contribution in [3.05, 3.63) is 277 Å². The normalized spacial score (nSPS) is 13.0. The van der Waals surface area contributed by atoms with Crippen LogP contribution in [-0.4, -0.2) is 4.57 Å². The van der Waals surface area contributed by atoms with E-state index in [1.165, 1.54) is 72.0 Å². The third-order valence-electron chi connectivity index (χ3n) is 15.2. The van der Waals surface area contributed by atoms with Crippen LogP contribution in [0.2, 0.25) is 0 Å². The van der Waals surface area contributed by atoms with Crippen molar-refractivity contribution in [3.63, 3.8) is 0 Å². The van der Waals surface area contributed by atoms with E-state index < -0.39 is 5.41 Å². The Balaban J connectivity index is 1.02. The molecule has 1 spiro atoms. The molecule has 0 saturated carbocycles. The van der Waals surface area contributed by atoms with E-state index in [1.807, 2.05) is 0 Å². The van der Waals surface area contributed by atoms with Crippen molar-refractivity contribution in [3.8, 4) is 50.2 Å². The van der Waals surface area contributed by atoms with E-state index in [2.05, 4.69) is 264 Å². The van der Waals surface area contributed by atoms with Gasteiger partial charge in [-0.05, 0) is 104 Å². The topological polar surface area (TPSA) is 21.3 Å². The summed E-state index contributed by atoms with van der Waals surface area (Å²) in [5.41, 5.74) is 23.0. The van der Waals surface area contributed by atoms with Gasteiger partial charge in [-0.3, -0.25) is 0 Å². The Kier molecular flexibility index (Phi) is 8.28. The molecule has 0 aliphatic heterocycles. The molecule has 2 heterocycles. The molecule has 0 bridgehead atoms. The van der Waals surface area contributed by atoms with Crippen molar-refractivity contribution >= 4 is 60.8 Å². The molecule has 0 radical (unpaired) electrons. The lowest BCUT2D eigenvalue weighted by Crippen LogP contribution is -2.26. The first-order chi connectivity index (χ1) is 34.8. The lowest BCUT2D eigenvalue weighted by atomic mass is 9.70. The van der Waals surface area contributed by atoms with E-state index in [0.717, 1.165) is 61.3 Å². The lowest BCUT2D eigenvalue weighted by Gasteiger charge is -2.31. The number of para-hydroxylation sites is 3. The van der Waals surface area contributed by atoms with Gasteiger partial charge < -0.3 is 13.9 Å². The van der Waals surface area contributed by atoms with Crippen LogP contribution in [0.4, 0.5) is 17.1 Å². The van der Waals surface area contributed by atoms with Gasteiger partial charge in [0.15, 0.2) is 0 Å². The van der Waals surface area contributed by atoms with Crippen molar-refractivity contribution < 1.29 is 4.42 Å². The van der Waals surface area contributed by atoms with Crippen LogP contribution in [0, 0.1) is 0 Å². The second-order valence-electron chi connectivity index (χ2n) is 18.7. The number of hydrogen-bond donors (Lipinski definition) is 0. The zero-order valence-corrected chi connectivity index (χ0v) is 38.1. The Bertz CT molecular complexity index is 4180. The molecule has 0 saturated heterocycles. The molecule has 3 nitrogen and oxygen atoms in total. The Morgan fingerprint density at radius 2 is 0.914 bits per heavy atom. The number of aromatic nitrogens is 1. The predicted octanol–water partition coefficient (Wildman–Crippen LogP) is 17.8. The molecule has 11 aromatic carbocycles. The molecule has 2 aliphatic rings. The van der Waals surface area contributed by atoms with Gasteiger partial charge in [-0.2, -0.15) is 0 Å². The molecule has 3 heteroatoms. The van der Waals surface area contributed by atoms with Crippen molar-refractivity contribution in [1.29, 1.82) is 0 Å². The van der Waals surface area contributed by atoms with Crippen LogP contribution >= 0.6 is 0 Å². The Hall–Kier alpha value is -9.18. The molecule has 326 valence electrons. The standard InChI is InChI=1S/C67H42N2O/c1-4-19-43(20-5-1)44-35-37-45(38-36-44)63-65-52-40-39-48(41-59(52)69(47-23-8-3-9-24-47)60(65)42-62-66(63)53-28-13-17-34-61(53)70-62)68(46-21-6-2-7-22-46)58-33-18-32-57-64(58)51-27-12-16-31-56(51)67(57)54-29-14-10-25-49(54)50-26-11-15-30-55(50)67/h1-42H. The van der Waals surface area contributed by atoms with E-state index in [1.54, 1.807) is 0 Å². The number of fused-ring (bicyclic) bond motifs is 16. The largest absolute Gasteiger partial charge is 0.456 e. The summed E-state index contributed by atoms with van der Waals surface area (Å²) in [6.45, 7) is 0. The van der Waals surface area contributed by atoms with Gasteiger partial charge in [0.2, 0.25) is 0 Å². The van der Waals surface area contributed by atoms with Crippen LogP contribution in [0.1, 0.15) is 22.3 Å². The molecular formula is C67H42N2O. The SMILES string of the molecule is c1ccc(-c2ccc(-c3c4c(cc5c3c3ccc(N(c6ccccc6)c6cccc7c6-c6ccccc6C76c7ccccc7-c7ccccc76)cc3n5-c3ccccc3)oc3ccccc34)cc2)cc1. The number of hydrogen-bond acceptors (Lipinski definition) is 2. The smallest absolute Gasteiger partial charge is 0.138 e. The third-order valence-corrected chi connectivity index (χ3v) is 15.2. The fraction of sp³-hybridized carbons (Fsp3) is 0.0149. The number of anilines is 3. The summed E-state index contributed by atoms with van der Waals surface area (Å²) in [5.74, 6) is 0. The molecule has 2 aliphatic carbocycles. The summed E-state index contributed by atoms with van der Waals surface area (Å²) in [7, 11) is 0. The minimum atomic E-state index is -0.460. The predicted molar refractivity (Wildman–Crippen MR) is 290 cm³/mol. The first-order valence-electron chi connectivity index (χ1n) is 24.2. The first kappa shape index (κ1) is 38.9. The van der Waals surface area contributed by atoms with Gasteiger partial charge in [0, 0.05) is 55.8 Å². The number of furan rings is 1. The number of benzene rings is 11. The van der Waals surface area contributed by atoms with Crippen molar-refractivity contribution in [2.24, 2.45) is 0 Å². The molecule has 0 fully saturated rings. The molecule has 2 aromatic heterocycles. The monoisotopic (exact) mass is 890 g/mol. The van der Waals surface area contributed by atoms with Crippen LogP contribution in [0.15, 0.2) is 259 Å². The summed E-state index contributed by atoms with van der Waals surface area (Å²) in [4.78, 5) is 2.48. The van der Waals surface area contributed by atoms with Crippen molar-refractivity contribution in [2.45, 2.75) is 5.41 Å². The zero-order chi connectivity index (χ0) is 45.9. The summed E-state index contributed by atoms with van der Waals surface area (Å²) < 4.78 is 9.26. The number of nitrogens with zero attached hydrogens (tertiary/aromatic N) is 2. The minimum Gasteiger partial charge on any atom is -0.456 e. The van der Waals surface area contributed by atoms with E-state index in [-0.39, 0.29) is 0 Å². The van der Waals surface area contributed by atoms with Crippen molar-refractivity contribution in [1.82, 2.24) is 4.57 Å². The summed E-state index contributed by atoms with van der Waals surface area (Å²) in [5, 5.41) is 4.60. The van der Waals surface area contributed by atoms with Crippen LogP contribution in [0.25, 0.3) is 93.9 Å². The summed E-state index contributed by atoms with van der Waals surface area (Å²) >= 11 is 0. The fourth-order valence-corrected chi connectivity index (χ4v) is 12.4. The quantitative estimate of drug-likeness (QED) is 0.166. The van der Waals surface area contributed by atoms with Crippen LogP contribution < -0.4 is 4.90 Å². The molecular weight excluding hydrogens is 849 g/mol. The summed E-state index contributed by atoms with van der Waals surface area (Å²) in [6.07, 6.45) is 0. The van der Waals surface area contributed by atoms with Gasteiger partial charge in [-0.15, -0.1) is 0 Å². The Morgan fingerprint density at radius 1 is 0.343 bits per heavy atom. The summed E-state index contributed by atoms with van der Waals surface area (Å²) in [6, 6.07) is 93.4. The Labute approximate surface area is 405 Å². The molecule has 0 N–H and O–H groups in total. The second kappa shape index (κ2) is 14.9. The van der Waals surface area contributed by atoms with Gasteiger partial charge in [0.25, 0.3) is 0 Å². The zero-order valence-electron chi connectivity index (χ0n) is 38.1. The molecule has 0 unspecified atom stereocenters. The minimum absolute atomic E-state index is 0.460. The number of rotatable bonds is 6. The lowest BCUT2D eigenvalue weighted by molar-refractivity contribution is 0.669. The maximum Gasteiger partial charge on any atom is 0.138 e. The highest BCUT2D eigenvalue weighted by Crippen LogP contribution is 2.64. The average Bonchev–Trinajstić information content (AvgIpc) is 4.15. The average molecular weight is 891 g/mol. The first-order valence-corrected chi connectivity index (χ1v) is 24.2. The van der Waals surface area contributed by atoms with Gasteiger partial charge in [-0.25, -0.2) is 0 Å². The van der Waals surface area contributed by atoms with Crippen LogP contribution in [0.3, 0.4) is 0 Å². The van der Waals surface area contributed by atoms with Gasteiger partial charge >= 0.3 is 0 Å². The van der Waals surface area contributed by atoms with Gasteiger partial charge in [0.05, 0.1) is 22.1 Å². The maximum absolute atomic E-state index is 6.81. The van der Waals surface area contributed by atoms with E-state index in [0.29, 0.717) is 0 Å². The maximum atomic E-state index is 6.81. The van der Waals surface area contributed by atoms with Crippen LogP contribution in [-0.2, 0) is 5.41 Å². The van der Waals surface area contributed by atoms with Gasteiger partial charge in [0.1, 0.15) is 11.2 Å². The molecule has 15 rings (SSSR count). The third kappa shape index (κ3) is 5.34. The molecule has 0 amide bonds. The van der Waals surface area contributed by atoms with Gasteiger partial charge in [-0.1, -0.05) is 200 Å². The van der Waals surface area contributed by atoms with Crippen molar-refractivity contribution in [2.75, 3.05) is 4.90 Å². The highest BCUT2D eigenvalue weighted by molar-refractivity contribution is 6.27. The highest BCUT2D eigenvalue weighted by atomic mass is 16.3. The molecule has 0 atom stereocenters.